The Morgan fingerprint density at radius 3 is 2.87 bits per heavy atom. The maximum atomic E-state index is 7.53. The van der Waals surface area contributed by atoms with E-state index in [9.17, 15) is 0 Å². The number of hydrogen-bond donors (Lipinski definition) is 2. The van der Waals surface area contributed by atoms with Crippen LogP contribution in [0.25, 0.3) is 0 Å². The summed E-state index contributed by atoms with van der Waals surface area (Å²) < 4.78 is 1.95. The van der Waals surface area contributed by atoms with E-state index in [1.807, 2.05) is 10.9 Å². The molecule has 1 aromatic heterocycles. The molecule has 82 valence electrons. The van der Waals surface area contributed by atoms with Gasteiger partial charge in [0.05, 0.1) is 11.3 Å². The molecule has 4 nitrogen and oxygen atoms in total. The zero-order valence-corrected chi connectivity index (χ0v) is 9.33. The summed E-state index contributed by atoms with van der Waals surface area (Å²) in [6.45, 7) is 4.27. The predicted octanol–water partition coefficient (Wildman–Crippen LogP) is 2.02. The lowest BCUT2D eigenvalue weighted by Gasteiger charge is -2.07. The van der Waals surface area contributed by atoms with Crippen molar-refractivity contribution >= 4 is 5.84 Å². The normalized spacial score (nSPS) is 17.7. The van der Waals surface area contributed by atoms with Gasteiger partial charge < -0.3 is 5.73 Å². The van der Waals surface area contributed by atoms with Gasteiger partial charge in [0, 0.05) is 18.2 Å². The molecule has 0 spiro atoms. The number of nitrogens with one attached hydrogen (secondary N) is 1. The lowest BCUT2D eigenvalue weighted by molar-refractivity contribution is 0.474. The van der Waals surface area contributed by atoms with E-state index in [0.29, 0.717) is 12.0 Å². The number of nitrogens with zero attached hydrogens (tertiary/aromatic N) is 2. The Balaban J connectivity index is 2.35. The summed E-state index contributed by atoms with van der Waals surface area (Å²) >= 11 is 0. The number of nitrogens with two attached hydrogens (primary N) is 1. The third-order valence-corrected chi connectivity index (χ3v) is 3.06. The molecular weight excluding hydrogens is 188 g/mol. The van der Waals surface area contributed by atoms with E-state index in [1.54, 1.807) is 0 Å². The summed E-state index contributed by atoms with van der Waals surface area (Å²) in [5.41, 5.74) is 7.43. The van der Waals surface area contributed by atoms with E-state index in [2.05, 4.69) is 18.9 Å². The Morgan fingerprint density at radius 2 is 2.40 bits per heavy atom. The second kappa shape index (κ2) is 3.68. The van der Waals surface area contributed by atoms with Crippen molar-refractivity contribution < 1.29 is 0 Å². The maximum Gasteiger partial charge on any atom is 0.126 e. The first-order valence-electron chi connectivity index (χ1n) is 5.57. The molecule has 2 rings (SSSR count). The molecule has 1 unspecified atom stereocenters. The molecular formula is C11H18N4. The van der Waals surface area contributed by atoms with Gasteiger partial charge >= 0.3 is 0 Å². The fourth-order valence-corrected chi connectivity index (χ4v) is 1.68. The van der Waals surface area contributed by atoms with E-state index in [1.165, 1.54) is 12.8 Å². The van der Waals surface area contributed by atoms with Crippen molar-refractivity contribution in [2.75, 3.05) is 0 Å². The van der Waals surface area contributed by atoms with E-state index >= 15 is 0 Å². The van der Waals surface area contributed by atoms with Crippen LogP contribution in [0.15, 0.2) is 6.20 Å². The Hall–Kier alpha value is -1.32. The lowest BCUT2D eigenvalue weighted by Crippen LogP contribution is -2.12. The molecule has 1 heterocycles. The van der Waals surface area contributed by atoms with Gasteiger partial charge in [0.15, 0.2) is 0 Å². The molecule has 0 aliphatic heterocycles. The summed E-state index contributed by atoms with van der Waals surface area (Å²) in [6, 6.07) is 0.385. The molecule has 15 heavy (non-hydrogen) atoms. The standard InChI is InChI=1S/C11H18N4/c1-3-7(2)15-6-9(11(12)13)10(14-15)8-4-5-8/h6-8H,3-5H2,1-2H3,(H3,12,13). The Kier molecular flexibility index (Phi) is 2.50. The van der Waals surface area contributed by atoms with Crippen LogP contribution in [0.3, 0.4) is 0 Å². The molecule has 0 bridgehead atoms. The first-order chi connectivity index (χ1) is 7.13. The average molecular weight is 206 g/mol. The Labute approximate surface area is 90.0 Å². The molecule has 1 aliphatic carbocycles. The molecule has 4 heteroatoms. The molecule has 1 atom stereocenters. The molecule has 3 N–H and O–H groups in total. The van der Waals surface area contributed by atoms with Crippen molar-refractivity contribution in [3.8, 4) is 0 Å². The van der Waals surface area contributed by atoms with Gasteiger partial charge in [-0.1, -0.05) is 6.92 Å². The van der Waals surface area contributed by atoms with Crippen LogP contribution in [0.4, 0.5) is 0 Å². The van der Waals surface area contributed by atoms with Gasteiger partial charge in [-0.05, 0) is 26.2 Å². The molecule has 1 aromatic rings. The van der Waals surface area contributed by atoms with Crippen LogP contribution >= 0.6 is 0 Å². The molecule has 1 fully saturated rings. The molecule has 0 saturated heterocycles. The molecule has 1 aliphatic rings. The quantitative estimate of drug-likeness (QED) is 0.584. The van der Waals surface area contributed by atoms with Crippen LogP contribution in [0.1, 0.15) is 56.3 Å². The van der Waals surface area contributed by atoms with Crippen molar-refractivity contribution in [2.45, 2.75) is 45.1 Å². The van der Waals surface area contributed by atoms with Crippen LogP contribution in [0, 0.1) is 5.41 Å². The number of amidine groups is 1. The van der Waals surface area contributed by atoms with E-state index in [-0.39, 0.29) is 5.84 Å². The van der Waals surface area contributed by atoms with E-state index in [0.717, 1.165) is 17.7 Å². The van der Waals surface area contributed by atoms with Crippen LogP contribution in [0.5, 0.6) is 0 Å². The smallest absolute Gasteiger partial charge is 0.126 e. The van der Waals surface area contributed by atoms with Crippen molar-refractivity contribution in [3.63, 3.8) is 0 Å². The van der Waals surface area contributed by atoms with Gasteiger partial charge in [0.25, 0.3) is 0 Å². The minimum atomic E-state index is 0.145. The Morgan fingerprint density at radius 1 is 1.73 bits per heavy atom. The van der Waals surface area contributed by atoms with Crippen LogP contribution in [-0.4, -0.2) is 15.6 Å². The third kappa shape index (κ3) is 1.89. The highest BCUT2D eigenvalue weighted by molar-refractivity contribution is 5.96. The van der Waals surface area contributed by atoms with Crippen LogP contribution in [-0.2, 0) is 0 Å². The van der Waals surface area contributed by atoms with Gasteiger partial charge in [-0.15, -0.1) is 0 Å². The fourth-order valence-electron chi connectivity index (χ4n) is 1.68. The number of nitrogen functional groups attached to an aromatic ring is 1. The molecule has 0 radical (unpaired) electrons. The Bertz CT molecular complexity index is 376. The minimum absolute atomic E-state index is 0.145. The molecule has 1 saturated carbocycles. The average Bonchev–Trinajstić information content (AvgIpc) is 2.96. The van der Waals surface area contributed by atoms with Crippen molar-refractivity contribution in [2.24, 2.45) is 5.73 Å². The highest BCUT2D eigenvalue weighted by Crippen LogP contribution is 2.40. The molecule has 0 aromatic carbocycles. The number of hydrogen-bond acceptors (Lipinski definition) is 2. The maximum absolute atomic E-state index is 7.53. The fraction of sp³-hybridized carbons (Fsp3) is 0.636. The second-order valence-electron chi connectivity index (χ2n) is 4.35. The minimum Gasteiger partial charge on any atom is -0.384 e. The predicted molar refractivity (Wildman–Crippen MR) is 60.2 cm³/mol. The first kappa shape index (κ1) is 10.2. The number of aromatic nitrogens is 2. The number of rotatable bonds is 4. The highest BCUT2D eigenvalue weighted by Gasteiger charge is 2.30. The second-order valence-corrected chi connectivity index (χ2v) is 4.35. The zero-order chi connectivity index (χ0) is 11.0. The van der Waals surface area contributed by atoms with E-state index < -0.39 is 0 Å². The van der Waals surface area contributed by atoms with Gasteiger partial charge in [-0.25, -0.2) is 0 Å². The first-order valence-corrected chi connectivity index (χ1v) is 5.57. The summed E-state index contributed by atoms with van der Waals surface area (Å²) in [4.78, 5) is 0. The summed E-state index contributed by atoms with van der Waals surface area (Å²) in [7, 11) is 0. The third-order valence-electron chi connectivity index (χ3n) is 3.06. The van der Waals surface area contributed by atoms with Crippen LogP contribution < -0.4 is 5.73 Å². The van der Waals surface area contributed by atoms with Crippen molar-refractivity contribution in [1.29, 1.82) is 5.41 Å². The topological polar surface area (TPSA) is 67.7 Å². The van der Waals surface area contributed by atoms with Crippen molar-refractivity contribution in [1.82, 2.24) is 9.78 Å². The monoisotopic (exact) mass is 206 g/mol. The van der Waals surface area contributed by atoms with Crippen molar-refractivity contribution in [3.05, 3.63) is 17.5 Å². The summed E-state index contributed by atoms with van der Waals surface area (Å²) in [6.07, 6.45) is 5.35. The zero-order valence-electron chi connectivity index (χ0n) is 9.33. The molecule has 0 amide bonds. The lowest BCUT2D eigenvalue weighted by atomic mass is 10.1. The van der Waals surface area contributed by atoms with Crippen LogP contribution in [0.2, 0.25) is 0 Å². The SMILES string of the molecule is CCC(C)n1cc(C(=N)N)c(C2CC2)n1. The van der Waals surface area contributed by atoms with Gasteiger partial charge in [0.2, 0.25) is 0 Å². The largest absolute Gasteiger partial charge is 0.384 e. The van der Waals surface area contributed by atoms with Gasteiger partial charge in [-0.2, -0.15) is 5.10 Å². The van der Waals surface area contributed by atoms with Gasteiger partial charge in [0.1, 0.15) is 5.84 Å². The summed E-state index contributed by atoms with van der Waals surface area (Å²) in [5.74, 6) is 0.695. The highest BCUT2D eigenvalue weighted by atomic mass is 15.3. The summed E-state index contributed by atoms with van der Waals surface area (Å²) in [5, 5.41) is 12.1. The van der Waals surface area contributed by atoms with E-state index in [4.69, 9.17) is 11.1 Å². The van der Waals surface area contributed by atoms with Gasteiger partial charge in [-0.3, -0.25) is 10.1 Å².